The van der Waals surface area contributed by atoms with E-state index in [0.717, 1.165) is 37.0 Å². The maximum absolute atomic E-state index is 11.9. The van der Waals surface area contributed by atoms with E-state index >= 15 is 0 Å². The first kappa shape index (κ1) is 15.1. The molecule has 0 saturated carbocycles. The van der Waals surface area contributed by atoms with E-state index in [4.69, 9.17) is 5.73 Å². The third-order valence-corrected chi connectivity index (χ3v) is 5.28. The molecule has 0 atom stereocenters. The molecule has 0 bridgehead atoms. The van der Waals surface area contributed by atoms with Crippen LogP contribution in [0.2, 0.25) is 0 Å². The number of aryl methyl sites for hydroxylation is 1. The van der Waals surface area contributed by atoms with Crippen LogP contribution in [0.3, 0.4) is 0 Å². The molecule has 3 N–H and O–H groups in total. The van der Waals surface area contributed by atoms with Crippen LogP contribution in [0.1, 0.15) is 33.6 Å². The summed E-state index contributed by atoms with van der Waals surface area (Å²) in [5.41, 5.74) is 7.04. The average Bonchev–Trinajstić information content (AvgIpc) is 2.76. The van der Waals surface area contributed by atoms with Crippen molar-refractivity contribution in [1.82, 2.24) is 0 Å². The highest BCUT2D eigenvalue weighted by molar-refractivity contribution is 8.00. The van der Waals surface area contributed by atoms with Gasteiger partial charge in [-0.3, -0.25) is 9.59 Å². The molecule has 0 fully saturated rings. The molecule has 0 saturated heterocycles. The summed E-state index contributed by atoms with van der Waals surface area (Å²) in [5, 5.41) is 3.45. The van der Waals surface area contributed by atoms with E-state index in [1.165, 1.54) is 28.0 Å². The standard InChI is InChI=1S/C14H18N2O2S2/c1-2-7-19-8-11(17)16-14-12(13(15)18)9-5-3-4-6-10(9)20-14/h2H,1,3-8H2,(H2,15,18)(H,16,17). The third-order valence-electron chi connectivity index (χ3n) is 3.14. The van der Waals surface area contributed by atoms with Gasteiger partial charge in [0.2, 0.25) is 5.91 Å². The largest absolute Gasteiger partial charge is 0.365 e. The average molecular weight is 310 g/mol. The van der Waals surface area contributed by atoms with Crippen LogP contribution >= 0.6 is 23.1 Å². The highest BCUT2D eigenvalue weighted by Gasteiger charge is 2.24. The van der Waals surface area contributed by atoms with Gasteiger partial charge in [-0.2, -0.15) is 0 Å². The molecule has 2 amide bonds. The Balaban J connectivity index is 2.14. The van der Waals surface area contributed by atoms with E-state index < -0.39 is 5.91 Å². The minimum atomic E-state index is -0.446. The van der Waals surface area contributed by atoms with Gasteiger partial charge < -0.3 is 11.1 Å². The molecule has 0 aromatic carbocycles. The van der Waals surface area contributed by atoms with Crippen LogP contribution in [-0.4, -0.2) is 23.3 Å². The van der Waals surface area contributed by atoms with Gasteiger partial charge in [0.1, 0.15) is 5.00 Å². The number of thiophene rings is 1. The molecule has 1 aromatic rings. The van der Waals surface area contributed by atoms with Gasteiger partial charge in [0, 0.05) is 10.6 Å². The lowest BCUT2D eigenvalue weighted by molar-refractivity contribution is -0.113. The molecular weight excluding hydrogens is 292 g/mol. The SMILES string of the molecule is C=CCSCC(=O)Nc1sc2c(c1C(N)=O)CCCC2. The summed E-state index contributed by atoms with van der Waals surface area (Å²) in [6, 6.07) is 0. The monoisotopic (exact) mass is 310 g/mol. The minimum absolute atomic E-state index is 0.0991. The van der Waals surface area contributed by atoms with Crippen molar-refractivity contribution in [2.45, 2.75) is 25.7 Å². The second-order valence-corrected chi connectivity index (χ2v) is 6.77. The number of carbonyl (C=O) groups excluding carboxylic acids is 2. The van der Waals surface area contributed by atoms with Gasteiger partial charge >= 0.3 is 0 Å². The zero-order valence-electron chi connectivity index (χ0n) is 11.2. The van der Waals surface area contributed by atoms with E-state index in [-0.39, 0.29) is 5.91 Å². The molecule has 2 rings (SSSR count). The number of hydrogen-bond donors (Lipinski definition) is 2. The summed E-state index contributed by atoms with van der Waals surface area (Å²) in [6.45, 7) is 3.61. The summed E-state index contributed by atoms with van der Waals surface area (Å²) in [5.74, 6) is 0.542. The summed E-state index contributed by atoms with van der Waals surface area (Å²) in [4.78, 5) is 24.7. The lowest BCUT2D eigenvalue weighted by Gasteiger charge is -2.11. The van der Waals surface area contributed by atoms with Crippen LogP contribution in [-0.2, 0) is 17.6 Å². The molecular formula is C14H18N2O2S2. The van der Waals surface area contributed by atoms with Crippen LogP contribution in [0.25, 0.3) is 0 Å². The lowest BCUT2D eigenvalue weighted by Crippen LogP contribution is -2.19. The number of amides is 2. The van der Waals surface area contributed by atoms with E-state index in [1.54, 1.807) is 6.08 Å². The topological polar surface area (TPSA) is 72.2 Å². The van der Waals surface area contributed by atoms with Gasteiger partial charge in [-0.25, -0.2) is 0 Å². The molecule has 4 nitrogen and oxygen atoms in total. The lowest BCUT2D eigenvalue weighted by atomic mass is 9.95. The van der Waals surface area contributed by atoms with Gasteiger partial charge in [0.15, 0.2) is 0 Å². The van der Waals surface area contributed by atoms with E-state index in [0.29, 0.717) is 16.3 Å². The molecule has 1 heterocycles. The molecule has 6 heteroatoms. The Morgan fingerprint density at radius 3 is 2.85 bits per heavy atom. The predicted molar refractivity (Wildman–Crippen MR) is 85.6 cm³/mol. The van der Waals surface area contributed by atoms with Crippen molar-refractivity contribution in [2.24, 2.45) is 5.73 Å². The number of fused-ring (bicyclic) bond motifs is 1. The van der Waals surface area contributed by atoms with Crippen molar-refractivity contribution >= 4 is 39.9 Å². The van der Waals surface area contributed by atoms with Crippen LogP contribution in [0, 0.1) is 0 Å². The van der Waals surface area contributed by atoms with Crippen LogP contribution in [0.4, 0.5) is 5.00 Å². The summed E-state index contributed by atoms with van der Waals surface area (Å²) in [7, 11) is 0. The fourth-order valence-corrected chi connectivity index (χ4v) is 4.17. The number of hydrogen-bond acceptors (Lipinski definition) is 4. The third kappa shape index (κ3) is 3.43. The van der Waals surface area contributed by atoms with Crippen LogP contribution < -0.4 is 11.1 Å². The maximum atomic E-state index is 11.9. The number of nitrogens with two attached hydrogens (primary N) is 1. The van der Waals surface area contributed by atoms with Gasteiger partial charge in [0.25, 0.3) is 5.91 Å². The number of rotatable bonds is 6. The smallest absolute Gasteiger partial charge is 0.251 e. The fraction of sp³-hybridized carbons (Fsp3) is 0.429. The molecule has 20 heavy (non-hydrogen) atoms. The van der Waals surface area contributed by atoms with Gasteiger partial charge in [-0.1, -0.05) is 6.08 Å². The molecule has 1 aromatic heterocycles. The second-order valence-electron chi connectivity index (χ2n) is 4.63. The fourth-order valence-electron chi connectivity index (χ4n) is 2.31. The number of primary amides is 1. The maximum Gasteiger partial charge on any atom is 0.251 e. The van der Waals surface area contributed by atoms with Gasteiger partial charge in [0.05, 0.1) is 11.3 Å². The molecule has 0 unspecified atom stereocenters. The van der Waals surface area contributed by atoms with Crippen molar-refractivity contribution in [2.75, 3.05) is 16.8 Å². The van der Waals surface area contributed by atoms with Crippen molar-refractivity contribution in [3.8, 4) is 0 Å². The van der Waals surface area contributed by atoms with E-state index in [1.807, 2.05) is 0 Å². The minimum Gasteiger partial charge on any atom is -0.365 e. The Labute approximate surface area is 126 Å². The van der Waals surface area contributed by atoms with Crippen molar-refractivity contribution in [1.29, 1.82) is 0 Å². The highest BCUT2D eigenvalue weighted by Crippen LogP contribution is 2.37. The summed E-state index contributed by atoms with van der Waals surface area (Å²) in [6.07, 6.45) is 5.82. The number of carbonyl (C=O) groups is 2. The summed E-state index contributed by atoms with van der Waals surface area (Å²) < 4.78 is 0. The Bertz CT molecular complexity index is 538. The van der Waals surface area contributed by atoms with E-state index in [9.17, 15) is 9.59 Å². The Morgan fingerprint density at radius 2 is 2.15 bits per heavy atom. The van der Waals surface area contributed by atoms with E-state index in [2.05, 4.69) is 11.9 Å². The number of thioether (sulfide) groups is 1. The van der Waals surface area contributed by atoms with Crippen molar-refractivity contribution in [3.05, 3.63) is 28.7 Å². The van der Waals surface area contributed by atoms with Crippen molar-refractivity contribution < 1.29 is 9.59 Å². The Morgan fingerprint density at radius 1 is 1.40 bits per heavy atom. The highest BCUT2D eigenvalue weighted by atomic mass is 32.2. The summed E-state index contributed by atoms with van der Waals surface area (Å²) >= 11 is 2.98. The number of anilines is 1. The normalized spacial score (nSPS) is 13.6. The van der Waals surface area contributed by atoms with Crippen LogP contribution in [0.15, 0.2) is 12.7 Å². The first-order chi connectivity index (χ1) is 9.63. The molecule has 0 spiro atoms. The Kier molecular flexibility index (Phi) is 5.25. The first-order valence-corrected chi connectivity index (χ1v) is 8.53. The Hall–Kier alpha value is -1.27. The van der Waals surface area contributed by atoms with Gasteiger partial charge in [-0.15, -0.1) is 29.7 Å². The second kappa shape index (κ2) is 6.95. The number of nitrogens with one attached hydrogen (secondary N) is 1. The van der Waals surface area contributed by atoms with Crippen LogP contribution in [0.5, 0.6) is 0 Å². The quantitative estimate of drug-likeness (QED) is 0.626. The first-order valence-electron chi connectivity index (χ1n) is 6.56. The zero-order chi connectivity index (χ0) is 14.5. The molecule has 0 radical (unpaired) electrons. The molecule has 1 aliphatic rings. The molecule has 108 valence electrons. The molecule has 0 aliphatic heterocycles. The molecule has 1 aliphatic carbocycles. The predicted octanol–water partition coefficient (Wildman–Crippen LogP) is 2.58. The van der Waals surface area contributed by atoms with Crippen molar-refractivity contribution in [3.63, 3.8) is 0 Å². The zero-order valence-corrected chi connectivity index (χ0v) is 12.9. The van der Waals surface area contributed by atoms with Gasteiger partial charge in [-0.05, 0) is 31.2 Å².